The van der Waals surface area contributed by atoms with Gasteiger partial charge in [-0.05, 0) is 25.5 Å². The van der Waals surface area contributed by atoms with Crippen LogP contribution in [0.3, 0.4) is 0 Å². The first kappa shape index (κ1) is 15.8. The summed E-state index contributed by atoms with van der Waals surface area (Å²) in [7, 11) is 5.66. The van der Waals surface area contributed by atoms with Crippen molar-refractivity contribution in [1.82, 2.24) is 10.3 Å². The third kappa shape index (κ3) is 4.44. The fourth-order valence-electron chi connectivity index (χ4n) is 2.09. The third-order valence-corrected chi connectivity index (χ3v) is 4.39. The molecule has 0 saturated heterocycles. The lowest BCUT2D eigenvalue weighted by Gasteiger charge is -2.05. The van der Waals surface area contributed by atoms with Crippen LogP contribution >= 0.6 is 11.3 Å². The van der Waals surface area contributed by atoms with Gasteiger partial charge in [0.25, 0.3) is 0 Å². The minimum atomic E-state index is 0.728. The number of benzene rings is 1. The molecule has 0 unspecified atom stereocenters. The molecule has 1 N–H and O–H groups in total. The van der Waals surface area contributed by atoms with Gasteiger partial charge in [-0.1, -0.05) is 41.2 Å². The number of thiazole rings is 1. The van der Waals surface area contributed by atoms with E-state index in [9.17, 15) is 0 Å². The number of nitrogens with one attached hydrogen (secondary N) is 1. The molecule has 21 heavy (non-hydrogen) atoms. The van der Waals surface area contributed by atoms with Gasteiger partial charge in [0.05, 0.1) is 12.0 Å². The van der Waals surface area contributed by atoms with Crippen molar-refractivity contribution in [1.29, 1.82) is 0 Å². The van der Waals surface area contributed by atoms with Crippen molar-refractivity contribution in [3.8, 4) is 5.88 Å². The summed E-state index contributed by atoms with van der Waals surface area (Å²) in [6.45, 7) is 3.87. The molecule has 2 aromatic rings. The zero-order valence-corrected chi connectivity index (χ0v) is 14.0. The predicted octanol–water partition coefficient (Wildman–Crippen LogP) is 2.86. The van der Waals surface area contributed by atoms with Gasteiger partial charge in [-0.25, -0.2) is 0 Å². The highest BCUT2D eigenvalue weighted by atomic mass is 32.1. The highest BCUT2D eigenvalue weighted by Gasteiger charge is 2.12. The normalized spacial score (nSPS) is 10.7. The van der Waals surface area contributed by atoms with E-state index in [1.807, 2.05) is 19.0 Å². The van der Waals surface area contributed by atoms with Crippen LogP contribution in [0, 0.1) is 6.92 Å². The molecule has 0 spiro atoms. The van der Waals surface area contributed by atoms with Crippen LogP contribution in [0.1, 0.15) is 16.0 Å². The number of nitrogens with zero attached hydrogens (tertiary/aromatic N) is 2. The highest BCUT2D eigenvalue weighted by Crippen LogP contribution is 2.30. The SMILES string of the molecule is COc1nc(N(C)C)sc1CNCCc1cccc(C)c1. The minimum Gasteiger partial charge on any atom is -0.480 e. The Balaban J connectivity index is 1.86. The Morgan fingerprint density at radius 1 is 1.33 bits per heavy atom. The zero-order valence-electron chi connectivity index (χ0n) is 13.1. The Morgan fingerprint density at radius 2 is 2.14 bits per heavy atom. The van der Waals surface area contributed by atoms with Crippen molar-refractivity contribution in [3.63, 3.8) is 0 Å². The standard InChI is InChI=1S/C16H23N3OS/c1-12-6-5-7-13(10-12)8-9-17-11-14-15(20-4)18-16(21-14)19(2)3/h5-7,10,17H,8-9,11H2,1-4H3. The fraction of sp³-hybridized carbons (Fsp3) is 0.438. The number of rotatable bonds is 7. The molecule has 0 aliphatic carbocycles. The summed E-state index contributed by atoms with van der Waals surface area (Å²) in [5.41, 5.74) is 2.68. The average molecular weight is 305 g/mol. The number of aryl methyl sites for hydroxylation is 1. The van der Waals surface area contributed by atoms with Crippen LogP contribution in [0.15, 0.2) is 24.3 Å². The van der Waals surface area contributed by atoms with E-state index in [0.29, 0.717) is 0 Å². The molecule has 1 aromatic heterocycles. The molecule has 2 rings (SSSR count). The molecule has 0 aliphatic heterocycles. The number of ether oxygens (including phenoxy) is 1. The molecule has 5 heteroatoms. The summed E-state index contributed by atoms with van der Waals surface area (Å²) >= 11 is 1.67. The molecule has 0 radical (unpaired) electrons. The van der Waals surface area contributed by atoms with Crippen molar-refractivity contribution < 1.29 is 4.74 Å². The van der Waals surface area contributed by atoms with Crippen LogP contribution in [0.25, 0.3) is 0 Å². The van der Waals surface area contributed by atoms with Gasteiger partial charge < -0.3 is 15.0 Å². The molecular formula is C16H23N3OS. The van der Waals surface area contributed by atoms with Crippen LogP contribution < -0.4 is 15.0 Å². The van der Waals surface area contributed by atoms with Gasteiger partial charge in [0, 0.05) is 20.6 Å². The highest BCUT2D eigenvalue weighted by molar-refractivity contribution is 7.15. The van der Waals surface area contributed by atoms with Crippen LogP contribution in [0.2, 0.25) is 0 Å². The lowest BCUT2D eigenvalue weighted by molar-refractivity contribution is 0.395. The van der Waals surface area contributed by atoms with Crippen LogP contribution in [0.4, 0.5) is 5.13 Å². The number of methoxy groups -OCH3 is 1. The lowest BCUT2D eigenvalue weighted by atomic mass is 10.1. The Hall–Kier alpha value is -1.59. The van der Waals surface area contributed by atoms with E-state index in [1.165, 1.54) is 11.1 Å². The maximum atomic E-state index is 5.34. The molecule has 0 bridgehead atoms. The number of hydrogen-bond donors (Lipinski definition) is 1. The molecule has 0 saturated carbocycles. The van der Waals surface area contributed by atoms with Gasteiger partial charge in [0.15, 0.2) is 5.13 Å². The fourth-order valence-corrected chi connectivity index (χ4v) is 3.01. The first-order valence-corrected chi connectivity index (χ1v) is 7.89. The summed E-state index contributed by atoms with van der Waals surface area (Å²) in [6.07, 6.45) is 1.03. The monoisotopic (exact) mass is 305 g/mol. The molecular weight excluding hydrogens is 282 g/mol. The molecule has 1 heterocycles. The van der Waals surface area contributed by atoms with E-state index in [2.05, 4.69) is 41.5 Å². The first-order valence-electron chi connectivity index (χ1n) is 7.07. The van der Waals surface area contributed by atoms with Crippen LogP contribution in [-0.4, -0.2) is 32.7 Å². The Bertz CT molecular complexity index is 581. The van der Waals surface area contributed by atoms with E-state index in [-0.39, 0.29) is 0 Å². The van der Waals surface area contributed by atoms with Gasteiger partial charge in [0.2, 0.25) is 5.88 Å². The molecule has 1 aromatic carbocycles. The Morgan fingerprint density at radius 3 is 2.81 bits per heavy atom. The van der Waals surface area contributed by atoms with Gasteiger partial charge in [0.1, 0.15) is 0 Å². The van der Waals surface area contributed by atoms with E-state index in [1.54, 1.807) is 18.4 Å². The van der Waals surface area contributed by atoms with Crippen molar-refractivity contribution in [2.24, 2.45) is 0 Å². The van der Waals surface area contributed by atoms with E-state index >= 15 is 0 Å². The molecule has 0 aliphatic rings. The average Bonchev–Trinajstić information content (AvgIpc) is 2.87. The zero-order chi connectivity index (χ0) is 15.2. The predicted molar refractivity (Wildman–Crippen MR) is 89.6 cm³/mol. The van der Waals surface area contributed by atoms with Crippen LogP contribution in [0.5, 0.6) is 5.88 Å². The maximum Gasteiger partial charge on any atom is 0.230 e. The van der Waals surface area contributed by atoms with Gasteiger partial charge in [-0.15, -0.1) is 0 Å². The van der Waals surface area contributed by atoms with E-state index in [4.69, 9.17) is 4.74 Å². The van der Waals surface area contributed by atoms with Crippen LogP contribution in [-0.2, 0) is 13.0 Å². The van der Waals surface area contributed by atoms with E-state index < -0.39 is 0 Å². The lowest BCUT2D eigenvalue weighted by Crippen LogP contribution is -2.16. The van der Waals surface area contributed by atoms with Crippen molar-refractivity contribution in [2.75, 3.05) is 32.6 Å². The summed E-state index contributed by atoms with van der Waals surface area (Å²) in [4.78, 5) is 7.61. The van der Waals surface area contributed by atoms with E-state index in [0.717, 1.165) is 35.4 Å². The molecule has 4 nitrogen and oxygen atoms in total. The molecule has 114 valence electrons. The quantitative estimate of drug-likeness (QED) is 0.798. The largest absolute Gasteiger partial charge is 0.480 e. The molecule has 0 fully saturated rings. The van der Waals surface area contributed by atoms with Gasteiger partial charge >= 0.3 is 0 Å². The third-order valence-electron chi connectivity index (χ3n) is 3.18. The summed E-state index contributed by atoms with van der Waals surface area (Å²) < 4.78 is 5.34. The second-order valence-electron chi connectivity index (χ2n) is 5.24. The van der Waals surface area contributed by atoms with Gasteiger partial charge in [-0.3, -0.25) is 0 Å². The summed E-state index contributed by atoms with van der Waals surface area (Å²) in [6, 6.07) is 8.65. The van der Waals surface area contributed by atoms with Crippen molar-refractivity contribution in [2.45, 2.75) is 19.9 Å². The Kier molecular flexibility index (Phi) is 5.59. The second-order valence-corrected chi connectivity index (χ2v) is 6.30. The summed E-state index contributed by atoms with van der Waals surface area (Å²) in [5.74, 6) is 0.728. The Labute approximate surface area is 130 Å². The van der Waals surface area contributed by atoms with Gasteiger partial charge in [-0.2, -0.15) is 4.98 Å². The number of hydrogen-bond acceptors (Lipinski definition) is 5. The van der Waals surface area contributed by atoms with Crippen molar-refractivity contribution in [3.05, 3.63) is 40.3 Å². The number of anilines is 1. The second kappa shape index (κ2) is 7.43. The molecule has 0 amide bonds. The smallest absolute Gasteiger partial charge is 0.230 e. The minimum absolute atomic E-state index is 0.728. The first-order chi connectivity index (χ1) is 10.1. The topological polar surface area (TPSA) is 37.4 Å². The number of aromatic nitrogens is 1. The molecule has 0 atom stereocenters. The van der Waals surface area contributed by atoms with Crippen molar-refractivity contribution >= 4 is 16.5 Å². The maximum absolute atomic E-state index is 5.34. The summed E-state index contributed by atoms with van der Waals surface area (Å²) in [5, 5.41) is 4.44.